The van der Waals surface area contributed by atoms with Gasteiger partial charge in [0.2, 0.25) is 5.91 Å². The second-order valence-corrected chi connectivity index (χ2v) is 8.82. The van der Waals surface area contributed by atoms with E-state index in [-0.39, 0.29) is 29.2 Å². The maximum Gasteiger partial charge on any atom is 0.333 e. The summed E-state index contributed by atoms with van der Waals surface area (Å²) >= 11 is 0. The fraction of sp³-hybridized carbons (Fsp3) is 0.636. The standard InChI is InChI=1S/C22H34N6O3/c1-15(2)27-19(14-21(30)28(16(3)4)22(27)31)24-9-11-25(12-10-24)20(29)7-8-26-18(6)13-17(5)23-26/h13-16H,7-12H2,1-6H3. The van der Waals surface area contributed by atoms with Crippen molar-refractivity contribution < 1.29 is 4.79 Å². The van der Waals surface area contributed by atoms with Crippen molar-refractivity contribution in [1.82, 2.24) is 23.8 Å². The van der Waals surface area contributed by atoms with Crippen molar-refractivity contribution in [2.24, 2.45) is 0 Å². The van der Waals surface area contributed by atoms with Crippen LogP contribution in [0.15, 0.2) is 21.7 Å². The molecule has 1 aliphatic heterocycles. The molecule has 1 aliphatic rings. The third-order valence-corrected chi connectivity index (χ3v) is 5.78. The lowest BCUT2D eigenvalue weighted by Crippen LogP contribution is -2.51. The van der Waals surface area contributed by atoms with E-state index in [1.807, 2.05) is 62.1 Å². The highest BCUT2D eigenvalue weighted by molar-refractivity contribution is 5.76. The summed E-state index contributed by atoms with van der Waals surface area (Å²) in [4.78, 5) is 42.2. The Hall–Kier alpha value is -2.84. The van der Waals surface area contributed by atoms with Gasteiger partial charge in [0, 0.05) is 63.0 Å². The molecule has 2 aromatic rings. The van der Waals surface area contributed by atoms with Crippen LogP contribution in [0.4, 0.5) is 5.82 Å². The zero-order valence-electron chi connectivity index (χ0n) is 19.5. The molecule has 31 heavy (non-hydrogen) atoms. The maximum absolute atomic E-state index is 13.0. The van der Waals surface area contributed by atoms with Crippen molar-refractivity contribution in [2.75, 3.05) is 31.1 Å². The minimum absolute atomic E-state index is 0.0754. The second kappa shape index (κ2) is 9.11. The fourth-order valence-corrected chi connectivity index (χ4v) is 4.21. The molecular weight excluding hydrogens is 396 g/mol. The summed E-state index contributed by atoms with van der Waals surface area (Å²) in [5.41, 5.74) is 1.44. The van der Waals surface area contributed by atoms with Crippen LogP contribution in [0.1, 0.15) is 57.6 Å². The molecule has 3 heterocycles. The van der Waals surface area contributed by atoms with Crippen molar-refractivity contribution >= 4 is 11.7 Å². The van der Waals surface area contributed by atoms with Gasteiger partial charge in [-0.15, -0.1) is 0 Å². The molecule has 1 saturated heterocycles. The van der Waals surface area contributed by atoms with E-state index >= 15 is 0 Å². The zero-order valence-corrected chi connectivity index (χ0v) is 19.5. The summed E-state index contributed by atoms with van der Waals surface area (Å²) in [6.45, 7) is 14.4. The summed E-state index contributed by atoms with van der Waals surface area (Å²) in [6, 6.07) is 3.29. The molecule has 0 bridgehead atoms. The van der Waals surface area contributed by atoms with Gasteiger partial charge in [-0.25, -0.2) is 4.79 Å². The van der Waals surface area contributed by atoms with Gasteiger partial charge in [0.25, 0.3) is 5.56 Å². The largest absolute Gasteiger partial charge is 0.354 e. The molecule has 1 fully saturated rings. The van der Waals surface area contributed by atoms with Gasteiger partial charge in [0.05, 0.1) is 5.69 Å². The monoisotopic (exact) mass is 430 g/mol. The van der Waals surface area contributed by atoms with Gasteiger partial charge in [-0.1, -0.05) is 0 Å². The van der Waals surface area contributed by atoms with E-state index in [1.54, 1.807) is 10.6 Å². The first kappa shape index (κ1) is 22.8. The summed E-state index contributed by atoms with van der Waals surface area (Å²) in [7, 11) is 0. The van der Waals surface area contributed by atoms with Gasteiger partial charge in [0.15, 0.2) is 0 Å². The second-order valence-electron chi connectivity index (χ2n) is 8.82. The minimum Gasteiger partial charge on any atom is -0.354 e. The number of hydrogen-bond acceptors (Lipinski definition) is 5. The average Bonchev–Trinajstić information content (AvgIpc) is 3.02. The molecule has 0 saturated carbocycles. The van der Waals surface area contributed by atoms with E-state index < -0.39 is 0 Å². The molecule has 0 unspecified atom stereocenters. The highest BCUT2D eigenvalue weighted by atomic mass is 16.2. The summed E-state index contributed by atoms with van der Waals surface area (Å²) in [6.07, 6.45) is 0.406. The molecule has 0 N–H and O–H groups in total. The predicted octanol–water partition coefficient (Wildman–Crippen LogP) is 1.72. The first-order chi connectivity index (χ1) is 14.6. The maximum atomic E-state index is 13.0. The van der Waals surface area contributed by atoms with Crippen molar-refractivity contribution in [3.05, 3.63) is 44.4 Å². The third kappa shape index (κ3) is 4.75. The van der Waals surface area contributed by atoms with Crippen molar-refractivity contribution in [3.8, 4) is 0 Å². The van der Waals surface area contributed by atoms with Gasteiger partial charge in [0.1, 0.15) is 5.82 Å². The number of amides is 1. The summed E-state index contributed by atoms with van der Waals surface area (Å²) < 4.78 is 4.85. The number of anilines is 1. The normalized spacial score (nSPS) is 14.7. The molecule has 0 atom stereocenters. The van der Waals surface area contributed by atoms with Crippen LogP contribution >= 0.6 is 0 Å². The van der Waals surface area contributed by atoms with Gasteiger partial charge < -0.3 is 9.80 Å². The van der Waals surface area contributed by atoms with Crippen LogP contribution in [0.25, 0.3) is 0 Å². The lowest BCUT2D eigenvalue weighted by Gasteiger charge is -2.37. The smallest absolute Gasteiger partial charge is 0.333 e. The molecule has 170 valence electrons. The van der Waals surface area contributed by atoms with Crippen LogP contribution < -0.4 is 16.1 Å². The Kier molecular flexibility index (Phi) is 6.71. The van der Waals surface area contributed by atoms with E-state index in [1.165, 1.54) is 4.57 Å². The molecule has 0 aliphatic carbocycles. The van der Waals surface area contributed by atoms with Crippen molar-refractivity contribution in [2.45, 2.75) is 66.6 Å². The van der Waals surface area contributed by atoms with Crippen LogP contribution in [0.2, 0.25) is 0 Å². The Labute approximate surface area is 182 Å². The van der Waals surface area contributed by atoms with Crippen LogP contribution in [0.3, 0.4) is 0 Å². The highest BCUT2D eigenvalue weighted by Gasteiger charge is 2.25. The molecule has 9 nitrogen and oxygen atoms in total. The Morgan fingerprint density at radius 2 is 1.58 bits per heavy atom. The van der Waals surface area contributed by atoms with E-state index in [9.17, 15) is 14.4 Å². The number of hydrogen-bond donors (Lipinski definition) is 0. The first-order valence-electron chi connectivity index (χ1n) is 11.0. The number of piperazine rings is 1. The zero-order chi connectivity index (χ0) is 22.9. The molecule has 2 aromatic heterocycles. The molecule has 1 amide bonds. The molecule has 0 aromatic carbocycles. The van der Waals surface area contributed by atoms with Gasteiger partial charge in [-0.3, -0.25) is 23.4 Å². The van der Waals surface area contributed by atoms with Gasteiger partial charge >= 0.3 is 5.69 Å². The molecule has 3 rings (SSSR count). The number of aromatic nitrogens is 4. The Morgan fingerprint density at radius 1 is 0.968 bits per heavy atom. The van der Waals surface area contributed by atoms with Crippen LogP contribution in [0, 0.1) is 13.8 Å². The summed E-state index contributed by atoms with van der Waals surface area (Å²) in [5, 5.41) is 4.41. The molecule has 0 radical (unpaired) electrons. The summed E-state index contributed by atoms with van der Waals surface area (Å²) in [5.74, 6) is 0.736. The number of rotatable bonds is 6. The number of nitrogens with zero attached hydrogens (tertiary/aromatic N) is 6. The van der Waals surface area contributed by atoms with E-state index in [0.717, 1.165) is 11.4 Å². The van der Waals surface area contributed by atoms with Crippen molar-refractivity contribution in [3.63, 3.8) is 0 Å². The first-order valence-corrected chi connectivity index (χ1v) is 11.0. The SMILES string of the molecule is Cc1cc(C)n(CCC(=O)N2CCN(c3cc(=O)n(C(C)C)c(=O)n3C(C)C)CC2)n1. The lowest BCUT2D eigenvalue weighted by molar-refractivity contribution is -0.131. The van der Waals surface area contributed by atoms with E-state index in [4.69, 9.17) is 0 Å². The number of carbonyl (C=O) groups is 1. The van der Waals surface area contributed by atoms with E-state index in [2.05, 4.69) is 5.10 Å². The predicted molar refractivity (Wildman–Crippen MR) is 121 cm³/mol. The number of aryl methyl sites for hydroxylation is 3. The Bertz CT molecular complexity index is 1050. The van der Waals surface area contributed by atoms with Gasteiger partial charge in [-0.05, 0) is 47.6 Å². The van der Waals surface area contributed by atoms with Crippen LogP contribution in [-0.4, -0.2) is 55.9 Å². The number of carbonyl (C=O) groups excluding carboxylic acids is 1. The topological polar surface area (TPSA) is 85.4 Å². The molecule has 0 spiro atoms. The van der Waals surface area contributed by atoms with Crippen molar-refractivity contribution in [1.29, 1.82) is 0 Å². The average molecular weight is 431 g/mol. The van der Waals surface area contributed by atoms with E-state index in [0.29, 0.717) is 45.0 Å². The minimum atomic E-state index is -0.282. The fourth-order valence-electron chi connectivity index (χ4n) is 4.21. The Morgan fingerprint density at radius 3 is 2.10 bits per heavy atom. The van der Waals surface area contributed by atoms with Crippen LogP contribution in [0.5, 0.6) is 0 Å². The molecular formula is C22H34N6O3. The lowest BCUT2D eigenvalue weighted by atomic mass is 10.2. The Balaban J connectivity index is 1.70. The highest BCUT2D eigenvalue weighted by Crippen LogP contribution is 2.18. The molecule has 9 heteroatoms. The quantitative estimate of drug-likeness (QED) is 0.697. The van der Waals surface area contributed by atoms with Crippen LogP contribution in [-0.2, 0) is 11.3 Å². The van der Waals surface area contributed by atoms with Gasteiger partial charge in [-0.2, -0.15) is 5.10 Å². The third-order valence-electron chi connectivity index (χ3n) is 5.78.